The third-order valence-corrected chi connectivity index (χ3v) is 6.64. The summed E-state index contributed by atoms with van der Waals surface area (Å²) in [7, 11) is 1.68. The Labute approximate surface area is 194 Å². The lowest BCUT2D eigenvalue weighted by Gasteiger charge is -2.42. The van der Waals surface area contributed by atoms with Crippen LogP contribution in [-0.4, -0.2) is 78.5 Å². The lowest BCUT2D eigenvalue weighted by Crippen LogP contribution is -2.56. The van der Waals surface area contributed by atoms with E-state index in [0.29, 0.717) is 49.8 Å². The molecule has 176 valence electrons. The molecule has 0 unspecified atom stereocenters. The van der Waals surface area contributed by atoms with Crippen LogP contribution in [0.3, 0.4) is 0 Å². The molecule has 3 amide bonds. The molecule has 1 N–H and O–H groups in total. The minimum absolute atomic E-state index is 0.0667. The maximum atomic E-state index is 13.0. The van der Waals surface area contributed by atoms with Crippen molar-refractivity contribution in [2.75, 3.05) is 39.8 Å². The number of hydrogen-bond acceptors (Lipinski definition) is 6. The Balaban J connectivity index is 1.85. The average molecular weight is 463 g/mol. The normalized spacial score (nSPS) is 22.4. The van der Waals surface area contributed by atoms with E-state index in [-0.39, 0.29) is 24.6 Å². The fourth-order valence-electron chi connectivity index (χ4n) is 4.31. The second kappa shape index (κ2) is 10.5. The summed E-state index contributed by atoms with van der Waals surface area (Å²) in [6.45, 7) is 10.6. The number of piperazine rings is 1. The first-order valence-corrected chi connectivity index (χ1v) is 12.1. The highest BCUT2D eigenvalue weighted by Gasteiger charge is 2.38. The molecule has 2 aliphatic heterocycles. The molecule has 0 bridgehead atoms. The van der Waals surface area contributed by atoms with E-state index in [0.717, 1.165) is 5.56 Å². The Bertz CT molecular complexity index is 867. The predicted molar refractivity (Wildman–Crippen MR) is 124 cm³/mol. The van der Waals surface area contributed by atoms with Crippen molar-refractivity contribution in [2.45, 2.75) is 46.2 Å². The van der Waals surface area contributed by atoms with E-state index in [1.807, 2.05) is 21.7 Å². The second-order valence-electron chi connectivity index (χ2n) is 8.85. The zero-order valence-corrected chi connectivity index (χ0v) is 20.4. The number of nitrogens with zero attached hydrogens (tertiary/aromatic N) is 3. The molecule has 2 aliphatic rings. The van der Waals surface area contributed by atoms with E-state index in [9.17, 15) is 14.4 Å². The van der Waals surface area contributed by atoms with Crippen LogP contribution < -0.4 is 5.32 Å². The SMILES string of the molecule is CCOC(=O)C1=C(CN2CCN(C(=O)CC(C)C)[C@H](C)C2)N(C)C(=O)N[C@@H]1c1ccsc1. The van der Waals surface area contributed by atoms with E-state index >= 15 is 0 Å². The van der Waals surface area contributed by atoms with Crippen molar-refractivity contribution < 1.29 is 19.1 Å². The van der Waals surface area contributed by atoms with Crippen molar-refractivity contribution in [2.24, 2.45) is 5.92 Å². The van der Waals surface area contributed by atoms with Gasteiger partial charge in [0.15, 0.2) is 0 Å². The monoisotopic (exact) mass is 462 g/mol. The Kier molecular flexibility index (Phi) is 7.95. The second-order valence-corrected chi connectivity index (χ2v) is 9.63. The van der Waals surface area contributed by atoms with Gasteiger partial charge in [-0.2, -0.15) is 11.3 Å². The molecular weight excluding hydrogens is 428 g/mol. The number of thiophene rings is 1. The van der Waals surface area contributed by atoms with Gasteiger partial charge in [-0.15, -0.1) is 0 Å². The van der Waals surface area contributed by atoms with Gasteiger partial charge in [-0.1, -0.05) is 13.8 Å². The summed E-state index contributed by atoms with van der Waals surface area (Å²) in [6.07, 6.45) is 0.549. The highest BCUT2D eigenvalue weighted by Crippen LogP contribution is 2.32. The van der Waals surface area contributed by atoms with Crippen LogP contribution >= 0.6 is 11.3 Å². The third kappa shape index (κ3) is 5.32. The van der Waals surface area contributed by atoms with Gasteiger partial charge in [0, 0.05) is 51.4 Å². The lowest BCUT2D eigenvalue weighted by molar-refractivity contribution is -0.139. The Morgan fingerprint density at radius 3 is 2.66 bits per heavy atom. The number of likely N-dealkylation sites (N-methyl/N-ethyl adjacent to an activating group) is 1. The van der Waals surface area contributed by atoms with Crippen LogP contribution in [-0.2, 0) is 14.3 Å². The fraction of sp³-hybridized carbons (Fsp3) is 0.609. The highest BCUT2D eigenvalue weighted by atomic mass is 32.1. The van der Waals surface area contributed by atoms with Gasteiger partial charge in [0.1, 0.15) is 0 Å². The number of hydrogen-bond donors (Lipinski definition) is 1. The summed E-state index contributed by atoms with van der Waals surface area (Å²) < 4.78 is 5.38. The molecule has 0 aromatic carbocycles. The minimum atomic E-state index is -0.537. The van der Waals surface area contributed by atoms with Gasteiger partial charge in [0.25, 0.3) is 0 Å². The zero-order chi connectivity index (χ0) is 23.4. The lowest BCUT2D eigenvalue weighted by atomic mass is 9.96. The first kappa shape index (κ1) is 24.3. The van der Waals surface area contributed by atoms with Crippen molar-refractivity contribution in [3.05, 3.63) is 33.7 Å². The molecule has 0 spiro atoms. The number of esters is 1. The van der Waals surface area contributed by atoms with Crippen molar-refractivity contribution >= 4 is 29.2 Å². The van der Waals surface area contributed by atoms with Crippen LogP contribution in [0.1, 0.15) is 45.7 Å². The highest BCUT2D eigenvalue weighted by molar-refractivity contribution is 7.08. The molecule has 8 nitrogen and oxygen atoms in total. The van der Waals surface area contributed by atoms with Crippen LogP contribution in [0.4, 0.5) is 4.79 Å². The quantitative estimate of drug-likeness (QED) is 0.630. The van der Waals surface area contributed by atoms with E-state index in [4.69, 9.17) is 4.74 Å². The first-order valence-electron chi connectivity index (χ1n) is 11.2. The molecule has 32 heavy (non-hydrogen) atoms. The van der Waals surface area contributed by atoms with Crippen LogP contribution in [0, 0.1) is 5.92 Å². The molecule has 0 saturated carbocycles. The summed E-state index contributed by atoms with van der Waals surface area (Å²) in [5, 5.41) is 6.80. The first-order chi connectivity index (χ1) is 15.2. The molecule has 2 atom stereocenters. The molecule has 1 aromatic rings. The van der Waals surface area contributed by atoms with Crippen molar-refractivity contribution in [3.8, 4) is 0 Å². The molecule has 1 saturated heterocycles. The molecule has 1 fully saturated rings. The van der Waals surface area contributed by atoms with Gasteiger partial charge in [0.2, 0.25) is 5.91 Å². The molecule has 3 heterocycles. The fourth-order valence-corrected chi connectivity index (χ4v) is 5.00. The zero-order valence-electron chi connectivity index (χ0n) is 19.6. The number of amides is 3. The smallest absolute Gasteiger partial charge is 0.338 e. The van der Waals surface area contributed by atoms with Crippen molar-refractivity contribution in [1.29, 1.82) is 0 Å². The van der Waals surface area contributed by atoms with Gasteiger partial charge < -0.3 is 15.0 Å². The van der Waals surface area contributed by atoms with E-state index in [2.05, 4.69) is 31.0 Å². The number of carbonyl (C=O) groups excluding carboxylic acids is 3. The predicted octanol–water partition coefficient (Wildman–Crippen LogP) is 2.84. The van der Waals surface area contributed by atoms with Crippen molar-refractivity contribution in [1.82, 2.24) is 20.0 Å². The maximum Gasteiger partial charge on any atom is 0.338 e. The van der Waals surface area contributed by atoms with E-state index in [1.165, 1.54) is 16.2 Å². The minimum Gasteiger partial charge on any atom is -0.463 e. The molecule has 1 aromatic heterocycles. The summed E-state index contributed by atoms with van der Waals surface area (Å²) in [6, 6.07) is 1.20. The van der Waals surface area contributed by atoms with E-state index in [1.54, 1.807) is 14.0 Å². The van der Waals surface area contributed by atoms with Gasteiger partial charge in [0.05, 0.1) is 18.2 Å². The topological polar surface area (TPSA) is 82.2 Å². The Morgan fingerprint density at radius 2 is 2.06 bits per heavy atom. The van der Waals surface area contributed by atoms with Crippen LogP contribution in [0.15, 0.2) is 28.1 Å². The van der Waals surface area contributed by atoms with Gasteiger partial charge in [-0.05, 0) is 42.2 Å². The standard InChI is InChI=1S/C23H34N4O4S/c1-6-31-22(29)20-18(25(5)23(30)24-21(20)17-7-10-32-14-17)13-26-8-9-27(16(4)12-26)19(28)11-15(2)3/h7,10,14-16,21H,6,8-9,11-13H2,1-5H3,(H,24,30)/t16-,21-/m1/s1. The summed E-state index contributed by atoms with van der Waals surface area (Å²) in [4.78, 5) is 44.0. The van der Waals surface area contributed by atoms with Crippen LogP contribution in [0.25, 0.3) is 0 Å². The molecular formula is C23H34N4O4S. The number of rotatable bonds is 7. The summed E-state index contributed by atoms with van der Waals surface area (Å²) in [5.74, 6) is 0.100. The molecule has 9 heteroatoms. The molecule has 0 radical (unpaired) electrons. The van der Waals surface area contributed by atoms with Crippen LogP contribution in [0.5, 0.6) is 0 Å². The van der Waals surface area contributed by atoms with Crippen molar-refractivity contribution in [3.63, 3.8) is 0 Å². The maximum absolute atomic E-state index is 13.0. The van der Waals surface area contributed by atoms with Gasteiger partial charge >= 0.3 is 12.0 Å². The Morgan fingerprint density at radius 1 is 1.31 bits per heavy atom. The summed E-state index contributed by atoms with van der Waals surface area (Å²) in [5.41, 5.74) is 1.99. The number of nitrogens with one attached hydrogen (secondary N) is 1. The molecule has 3 rings (SSSR count). The van der Waals surface area contributed by atoms with Crippen LogP contribution in [0.2, 0.25) is 0 Å². The molecule has 0 aliphatic carbocycles. The third-order valence-electron chi connectivity index (χ3n) is 5.94. The van der Waals surface area contributed by atoms with E-state index < -0.39 is 12.0 Å². The van der Waals surface area contributed by atoms with Gasteiger partial charge in [-0.3, -0.25) is 14.6 Å². The van der Waals surface area contributed by atoms with Gasteiger partial charge in [-0.25, -0.2) is 9.59 Å². The number of ether oxygens (including phenoxy) is 1. The number of carbonyl (C=O) groups is 3. The average Bonchev–Trinajstić information content (AvgIpc) is 3.25. The summed E-state index contributed by atoms with van der Waals surface area (Å²) >= 11 is 1.52. The number of urea groups is 1. The Hall–Kier alpha value is -2.39. The largest absolute Gasteiger partial charge is 0.463 e.